The normalized spacial score (nSPS) is 11.9. The summed E-state index contributed by atoms with van der Waals surface area (Å²) in [4.78, 5) is 13.1. The first kappa shape index (κ1) is 24.3. The van der Waals surface area contributed by atoms with E-state index in [9.17, 15) is 30.8 Å². The van der Waals surface area contributed by atoms with E-state index < -0.39 is 45.0 Å². The van der Waals surface area contributed by atoms with Gasteiger partial charge in [-0.3, -0.25) is 4.79 Å². The summed E-state index contributed by atoms with van der Waals surface area (Å²) in [6.45, 7) is 1.59. The number of alkyl halides is 3. The largest absolute Gasteiger partial charge is 0.494 e. The third-order valence-corrected chi connectivity index (χ3v) is 6.44. The Labute approximate surface area is 187 Å². The Bertz CT molecular complexity index is 1270. The zero-order chi connectivity index (χ0) is 24.4. The van der Waals surface area contributed by atoms with Crippen molar-refractivity contribution in [2.75, 3.05) is 17.2 Å². The predicted molar refractivity (Wildman–Crippen MR) is 113 cm³/mol. The molecule has 3 aromatic rings. The molecule has 0 saturated heterocycles. The van der Waals surface area contributed by atoms with E-state index in [0.717, 1.165) is 24.3 Å². The fourth-order valence-electron chi connectivity index (χ4n) is 3.09. The molecule has 0 aliphatic heterocycles. The zero-order valence-electron chi connectivity index (χ0n) is 17.5. The van der Waals surface area contributed by atoms with Crippen LogP contribution >= 0.6 is 0 Å². The smallest absolute Gasteiger partial charge is 0.416 e. The Hall–Kier alpha value is -3.34. The number of nitrogens with zero attached hydrogens (tertiary/aromatic N) is 1. The molecule has 176 valence electrons. The Balaban J connectivity index is 2.03. The third-order valence-electron chi connectivity index (χ3n) is 4.59. The Morgan fingerprint density at radius 2 is 1.82 bits per heavy atom. The number of halogens is 4. The quantitative estimate of drug-likeness (QED) is 0.413. The molecule has 6 nitrogen and oxygen atoms in total. The number of sulfonamides is 1. The molecule has 0 spiro atoms. The maximum absolute atomic E-state index is 14.2. The molecule has 0 bridgehead atoms. The molecule has 0 aliphatic rings. The van der Waals surface area contributed by atoms with Gasteiger partial charge in [0.05, 0.1) is 24.1 Å². The van der Waals surface area contributed by atoms with E-state index in [-0.39, 0.29) is 29.2 Å². The van der Waals surface area contributed by atoms with Crippen molar-refractivity contribution in [3.8, 4) is 17.1 Å². The second-order valence-electron chi connectivity index (χ2n) is 6.95. The van der Waals surface area contributed by atoms with Crippen LogP contribution in [0.15, 0.2) is 59.0 Å². The number of methoxy groups -OCH3 is 1. The predicted octanol–water partition coefficient (Wildman–Crippen LogP) is 5.50. The summed E-state index contributed by atoms with van der Waals surface area (Å²) in [7, 11) is -2.99. The van der Waals surface area contributed by atoms with E-state index >= 15 is 0 Å². The molecule has 11 heteroatoms. The summed E-state index contributed by atoms with van der Waals surface area (Å²) >= 11 is 0. The van der Waals surface area contributed by atoms with Gasteiger partial charge in [0.2, 0.25) is 10.0 Å². The highest BCUT2D eigenvalue weighted by molar-refractivity contribution is 7.93. The van der Waals surface area contributed by atoms with Crippen LogP contribution in [-0.2, 0) is 16.2 Å². The van der Waals surface area contributed by atoms with Gasteiger partial charge in [-0.05, 0) is 42.8 Å². The van der Waals surface area contributed by atoms with Gasteiger partial charge >= 0.3 is 12.1 Å². The van der Waals surface area contributed by atoms with Gasteiger partial charge in [0, 0.05) is 11.6 Å². The van der Waals surface area contributed by atoms with E-state index in [0.29, 0.717) is 4.31 Å². The average molecular weight is 485 g/mol. The van der Waals surface area contributed by atoms with Crippen molar-refractivity contribution in [3.63, 3.8) is 0 Å². The van der Waals surface area contributed by atoms with E-state index in [2.05, 4.69) is 0 Å². The Morgan fingerprint density at radius 3 is 2.42 bits per heavy atom. The number of furan rings is 1. The molecule has 1 heterocycles. The molecule has 0 radical (unpaired) electrons. The van der Waals surface area contributed by atoms with Crippen LogP contribution in [0.5, 0.6) is 5.75 Å². The lowest BCUT2D eigenvalue weighted by atomic mass is 10.1. The van der Waals surface area contributed by atoms with Crippen molar-refractivity contribution >= 4 is 21.6 Å². The fraction of sp³-hybridized carbons (Fsp3) is 0.227. The molecular formula is C22H19F4NO5S. The van der Waals surface area contributed by atoms with Gasteiger partial charge in [-0.15, -0.1) is 0 Å². The van der Waals surface area contributed by atoms with Gasteiger partial charge in [-0.1, -0.05) is 19.1 Å². The summed E-state index contributed by atoms with van der Waals surface area (Å²) in [6, 6.07) is 9.86. The molecule has 33 heavy (non-hydrogen) atoms. The summed E-state index contributed by atoms with van der Waals surface area (Å²) in [5.41, 5.74) is -1.14. The summed E-state index contributed by atoms with van der Waals surface area (Å²) < 4.78 is 89.5. The molecule has 0 aliphatic carbocycles. The molecule has 2 aromatic carbocycles. The van der Waals surface area contributed by atoms with Crippen molar-refractivity contribution in [2.45, 2.75) is 19.5 Å². The SMILES string of the molecule is CCCS(=O)(=O)N(C(=O)c1ccc(-c2cccc(C(F)(F)F)c2)o1)c1ccc(OC)c(F)c1. The van der Waals surface area contributed by atoms with Crippen molar-refractivity contribution in [1.29, 1.82) is 0 Å². The highest BCUT2D eigenvalue weighted by Crippen LogP contribution is 2.33. The maximum atomic E-state index is 14.2. The van der Waals surface area contributed by atoms with Crippen LogP contribution in [0, 0.1) is 5.82 Å². The van der Waals surface area contributed by atoms with Gasteiger partial charge in [-0.2, -0.15) is 17.5 Å². The molecule has 0 fully saturated rings. The van der Waals surface area contributed by atoms with Crippen LogP contribution < -0.4 is 9.04 Å². The third kappa shape index (κ3) is 5.19. The molecule has 0 unspecified atom stereocenters. The number of carbonyl (C=O) groups excluding carboxylic acids is 1. The first-order valence-corrected chi connectivity index (χ1v) is 11.3. The first-order valence-electron chi connectivity index (χ1n) is 9.66. The topological polar surface area (TPSA) is 76.8 Å². The number of hydrogen-bond donors (Lipinski definition) is 0. The van der Waals surface area contributed by atoms with Crippen molar-refractivity contribution in [2.24, 2.45) is 0 Å². The van der Waals surface area contributed by atoms with E-state index in [1.807, 2.05) is 0 Å². The average Bonchev–Trinajstić information content (AvgIpc) is 3.24. The second-order valence-corrected chi connectivity index (χ2v) is 8.88. The van der Waals surface area contributed by atoms with Crippen LogP contribution in [0.25, 0.3) is 11.3 Å². The standard InChI is InChI=1S/C22H19F4NO5S/c1-3-11-33(29,30)27(16-7-8-19(31-2)17(23)13-16)21(28)20-10-9-18(32-20)14-5-4-6-15(12-14)22(24,25)26/h4-10,12-13H,3,11H2,1-2H3. The van der Waals surface area contributed by atoms with E-state index in [1.54, 1.807) is 6.92 Å². The van der Waals surface area contributed by atoms with Gasteiger partial charge in [0.15, 0.2) is 17.3 Å². The monoisotopic (exact) mass is 485 g/mol. The number of anilines is 1. The number of amides is 1. The molecule has 1 amide bonds. The Kier molecular flexibility index (Phi) is 6.82. The number of hydrogen-bond acceptors (Lipinski definition) is 5. The summed E-state index contributed by atoms with van der Waals surface area (Å²) in [5.74, 6) is -3.08. The molecule has 0 saturated carbocycles. The molecule has 0 atom stereocenters. The van der Waals surface area contributed by atoms with Gasteiger partial charge in [0.25, 0.3) is 0 Å². The van der Waals surface area contributed by atoms with Crippen LogP contribution in [0.4, 0.5) is 23.2 Å². The van der Waals surface area contributed by atoms with Crippen molar-refractivity contribution in [3.05, 3.63) is 71.7 Å². The van der Waals surface area contributed by atoms with Gasteiger partial charge < -0.3 is 9.15 Å². The number of ether oxygens (including phenoxy) is 1. The first-order chi connectivity index (χ1) is 15.5. The number of carbonyl (C=O) groups is 1. The minimum absolute atomic E-state index is 0.0438. The van der Waals surface area contributed by atoms with Crippen molar-refractivity contribution < 1.29 is 39.9 Å². The highest BCUT2D eigenvalue weighted by Gasteiger charge is 2.33. The lowest BCUT2D eigenvalue weighted by Gasteiger charge is -2.21. The minimum Gasteiger partial charge on any atom is -0.494 e. The van der Waals surface area contributed by atoms with E-state index in [1.165, 1.54) is 37.4 Å². The van der Waals surface area contributed by atoms with Crippen LogP contribution in [0.2, 0.25) is 0 Å². The zero-order valence-corrected chi connectivity index (χ0v) is 18.3. The summed E-state index contributed by atoms with van der Waals surface area (Å²) in [5, 5.41) is 0. The molecular weight excluding hydrogens is 466 g/mol. The molecule has 1 aromatic heterocycles. The van der Waals surface area contributed by atoms with Crippen LogP contribution in [0.3, 0.4) is 0 Å². The number of rotatable bonds is 7. The summed E-state index contributed by atoms with van der Waals surface area (Å²) in [6.07, 6.45) is -4.40. The number of benzene rings is 2. The minimum atomic E-state index is -4.58. The second kappa shape index (κ2) is 9.26. The Morgan fingerprint density at radius 1 is 1.09 bits per heavy atom. The highest BCUT2D eigenvalue weighted by atomic mass is 32.2. The molecule has 0 N–H and O–H groups in total. The lowest BCUT2D eigenvalue weighted by Crippen LogP contribution is -2.38. The molecule has 3 rings (SSSR count). The fourth-order valence-corrected chi connectivity index (χ4v) is 4.57. The van der Waals surface area contributed by atoms with Gasteiger partial charge in [-0.25, -0.2) is 12.8 Å². The van der Waals surface area contributed by atoms with Crippen LogP contribution in [0.1, 0.15) is 29.5 Å². The lowest BCUT2D eigenvalue weighted by molar-refractivity contribution is -0.137. The van der Waals surface area contributed by atoms with E-state index in [4.69, 9.17) is 9.15 Å². The van der Waals surface area contributed by atoms with Crippen molar-refractivity contribution in [1.82, 2.24) is 0 Å². The van der Waals surface area contributed by atoms with Crippen LogP contribution in [-0.4, -0.2) is 27.2 Å². The maximum Gasteiger partial charge on any atom is 0.416 e. The van der Waals surface area contributed by atoms with Gasteiger partial charge in [0.1, 0.15) is 5.76 Å².